The monoisotopic (exact) mass is 297 g/mol. The van der Waals surface area contributed by atoms with Crippen LogP contribution in [0.1, 0.15) is 15.9 Å². The van der Waals surface area contributed by atoms with E-state index in [4.69, 9.17) is 5.11 Å². The number of hydrogen-bond acceptors (Lipinski definition) is 3. The van der Waals surface area contributed by atoms with E-state index in [1.807, 2.05) is 13.0 Å². The third-order valence-corrected chi connectivity index (χ3v) is 3.34. The third kappa shape index (κ3) is 2.46. The largest absolute Gasteiger partial charge is 0.478 e. The number of halogens is 1. The Hall–Kier alpha value is -3.02. The van der Waals surface area contributed by atoms with E-state index < -0.39 is 11.8 Å². The van der Waals surface area contributed by atoms with Gasteiger partial charge in [0.2, 0.25) is 0 Å². The lowest BCUT2D eigenvalue weighted by molar-refractivity contribution is 0.0696. The highest BCUT2D eigenvalue weighted by Gasteiger charge is 2.13. The molecule has 0 saturated heterocycles. The Morgan fingerprint density at radius 1 is 1.32 bits per heavy atom. The molecule has 2 heterocycles. The summed E-state index contributed by atoms with van der Waals surface area (Å²) in [6.45, 7) is 1.83. The zero-order valence-corrected chi connectivity index (χ0v) is 11.7. The average molecular weight is 297 g/mol. The Bertz CT molecular complexity index is 845. The molecule has 0 unspecified atom stereocenters. The van der Waals surface area contributed by atoms with E-state index in [1.54, 1.807) is 29.5 Å². The summed E-state index contributed by atoms with van der Waals surface area (Å²) in [7, 11) is 0. The Kier molecular flexibility index (Phi) is 3.42. The predicted molar refractivity (Wildman–Crippen MR) is 78.4 cm³/mol. The SMILES string of the molecule is Cc1cc(-n2ccnc2)cnc1-c1ccc(C(=O)O)cc1F. The van der Waals surface area contributed by atoms with Gasteiger partial charge in [0.05, 0.1) is 29.5 Å². The summed E-state index contributed by atoms with van der Waals surface area (Å²) >= 11 is 0. The van der Waals surface area contributed by atoms with E-state index >= 15 is 0 Å². The van der Waals surface area contributed by atoms with Gasteiger partial charge in [0.25, 0.3) is 0 Å². The van der Waals surface area contributed by atoms with Crippen molar-refractivity contribution in [3.8, 4) is 16.9 Å². The molecule has 0 saturated carbocycles. The molecular formula is C16H12FN3O2. The van der Waals surface area contributed by atoms with E-state index in [1.165, 1.54) is 12.1 Å². The number of carboxylic acid groups (broad SMARTS) is 1. The van der Waals surface area contributed by atoms with Gasteiger partial charge in [0.15, 0.2) is 0 Å². The minimum atomic E-state index is -1.16. The molecule has 0 aliphatic carbocycles. The van der Waals surface area contributed by atoms with Crippen molar-refractivity contribution >= 4 is 5.97 Å². The van der Waals surface area contributed by atoms with E-state index in [2.05, 4.69) is 9.97 Å². The number of nitrogens with zero attached hydrogens (tertiary/aromatic N) is 3. The molecule has 2 aromatic heterocycles. The van der Waals surface area contributed by atoms with Gasteiger partial charge in [-0.1, -0.05) is 0 Å². The van der Waals surface area contributed by atoms with Crippen LogP contribution in [0.25, 0.3) is 16.9 Å². The van der Waals surface area contributed by atoms with Gasteiger partial charge in [-0.25, -0.2) is 14.2 Å². The molecule has 0 aliphatic heterocycles. The zero-order valence-electron chi connectivity index (χ0n) is 11.7. The van der Waals surface area contributed by atoms with Crippen molar-refractivity contribution in [1.29, 1.82) is 0 Å². The molecule has 1 aromatic carbocycles. The molecule has 3 aromatic rings. The highest BCUT2D eigenvalue weighted by Crippen LogP contribution is 2.26. The van der Waals surface area contributed by atoms with Gasteiger partial charge in [0, 0.05) is 18.0 Å². The van der Waals surface area contributed by atoms with Gasteiger partial charge in [-0.2, -0.15) is 0 Å². The Morgan fingerprint density at radius 3 is 2.73 bits per heavy atom. The molecular weight excluding hydrogens is 285 g/mol. The van der Waals surface area contributed by atoms with Crippen molar-refractivity contribution in [2.75, 3.05) is 0 Å². The lowest BCUT2D eigenvalue weighted by Crippen LogP contribution is -2.00. The molecule has 0 amide bonds. The van der Waals surface area contributed by atoms with Crippen LogP contribution in [0.3, 0.4) is 0 Å². The summed E-state index contributed by atoms with van der Waals surface area (Å²) in [5.41, 5.74) is 2.28. The summed E-state index contributed by atoms with van der Waals surface area (Å²) in [6.07, 6.45) is 6.72. The summed E-state index contributed by atoms with van der Waals surface area (Å²) in [5, 5.41) is 8.88. The van der Waals surface area contributed by atoms with Crippen molar-refractivity contribution in [2.24, 2.45) is 0 Å². The van der Waals surface area contributed by atoms with Crippen LogP contribution in [-0.2, 0) is 0 Å². The molecule has 110 valence electrons. The molecule has 0 spiro atoms. The molecule has 0 atom stereocenters. The smallest absolute Gasteiger partial charge is 0.335 e. The van der Waals surface area contributed by atoms with Crippen molar-refractivity contribution < 1.29 is 14.3 Å². The number of aryl methyl sites for hydroxylation is 1. The number of imidazole rings is 1. The van der Waals surface area contributed by atoms with Crippen LogP contribution in [0.2, 0.25) is 0 Å². The standard InChI is InChI=1S/C16H12FN3O2/c1-10-6-12(20-5-4-18-9-20)8-19-15(10)13-3-2-11(16(21)22)7-14(13)17/h2-9H,1H3,(H,21,22). The average Bonchev–Trinajstić information content (AvgIpc) is 3.01. The molecule has 0 bridgehead atoms. The Labute approximate surface area is 125 Å². The van der Waals surface area contributed by atoms with Crippen molar-refractivity contribution in [2.45, 2.75) is 6.92 Å². The fourth-order valence-corrected chi connectivity index (χ4v) is 2.24. The maximum atomic E-state index is 14.1. The summed E-state index contributed by atoms with van der Waals surface area (Å²) in [4.78, 5) is 19.1. The van der Waals surface area contributed by atoms with E-state index in [-0.39, 0.29) is 11.1 Å². The first-order valence-corrected chi connectivity index (χ1v) is 6.54. The summed E-state index contributed by atoms with van der Waals surface area (Å²) < 4.78 is 15.9. The molecule has 1 N–H and O–H groups in total. The van der Waals surface area contributed by atoms with Crippen LogP contribution < -0.4 is 0 Å². The summed E-state index contributed by atoms with van der Waals surface area (Å²) in [6, 6.07) is 5.67. The van der Waals surface area contributed by atoms with Crippen LogP contribution in [-0.4, -0.2) is 25.6 Å². The van der Waals surface area contributed by atoms with Gasteiger partial charge in [0.1, 0.15) is 5.82 Å². The topological polar surface area (TPSA) is 68.0 Å². The highest BCUT2D eigenvalue weighted by atomic mass is 19.1. The summed E-state index contributed by atoms with van der Waals surface area (Å²) in [5.74, 6) is -1.77. The van der Waals surface area contributed by atoms with Gasteiger partial charge < -0.3 is 9.67 Å². The van der Waals surface area contributed by atoms with Gasteiger partial charge in [-0.15, -0.1) is 0 Å². The quantitative estimate of drug-likeness (QED) is 0.806. The Balaban J connectivity index is 2.04. The maximum Gasteiger partial charge on any atom is 0.335 e. The van der Waals surface area contributed by atoms with E-state index in [0.717, 1.165) is 17.3 Å². The fourth-order valence-electron chi connectivity index (χ4n) is 2.24. The first-order valence-electron chi connectivity index (χ1n) is 6.54. The second kappa shape index (κ2) is 5.40. The molecule has 22 heavy (non-hydrogen) atoms. The fraction of sp³-hybridized carbons (Fsp3) is 0.0625. The molecule has 6 heteroatoms. The van der Waals surface area contributed by atoms with Gasteiger partial charge in [-0.05, 0) is 36.8 Å². The molecule has 0 radical (unpaired) electrons. The number of carboxylic acids is 1. The second-order valence-electron chi connectivity index (χ2n) is 4.83. The number of hydrogen-bond donors (Lipinski definition) is 1. The van der Waals surface area contributed by atoms with Crippen molar-refractivity contribution in [1.82, 2.24) is 14.5 Å². The minimum absolute atomic E-state index is 0.0889. The number of aromatic carboxylic acids is 1. The molecule has 0 aliphatic rings. The second-order valence-corrected chi connectivity index (χ2v) is 4.83. The van der Waals surface area contributed by atoms with Crippen LogP contribution in [0, 0.1) is 12.7 Å². The maximum absolute atomic E-state index is 14.1. The first-order chi connectivity index (χ1) is 10.6. The lowest BCUT2D eigenvalue weighted by Gasteiger charge is -2.09. The van der Waals surface area contributed by atoms with Crippen molar-refractivity contribution in [3.05, 3.63) is 66.1 Å². The Morgan fingerprint density at radius 2 is 2.14 bits per heavy atom. The van der Waals surface area contributed by atoms with Gasteiger partial charge in [-0.3, -0.25) is 4.98 Å². The van der Waals surface area contributed by atoms with Crippen LogP contribution in [0.4, 0.5) is 4.39 Å². The van der Waals surface area contributed by atoms with Crippen LogP contribution in [0.15, 0.2) is 49.2 Å². The normalized spacial score (nSPS) is 10.6. The first kappa shape index (κ1) is 13.9. The minimum Gasteiger partial charge on any atom is -0.478 e. The van der Waals surface area contributed by atoms with Crippen LogP contribution in [0.5, 0.6) is 0 Å². The van der Waals surface area contributed by atoms with E-state index in [9.17, 15) is 9.18 Å². The number of carbonyl (C=O) groups is 1. The zero-order chi connectivity index (χ0) is 15.7. The number of pyridine rings is 1. The number of benzene rings is 1. The van der Waals surface area contributed by atoms with Crippen molar-refractivity contribution in [3.63, 3.8) is 0 Å². The molecule has 3 rings (SSSR count). The van der Waals surface area contributed by atoms with Gasteiger partial charge >= 0.3 is 5.97 Å². The molecule has 0 fully saturated rings. The lowest BCUT2D eigenvalue weighted by atomic mass is 10.0. The predicted octanol–water partition coefficient (Wildman–Crippen LogP) is 3.08. The number of rotatable bonds is 3. The number of aromatic nitrogens is 3. The highest BCUT2D eigenvalue weighted by molar-refractivity contribution is 5.88. The molecule has 5 nitrogen and oxygen atoms in total. The van der Waals surface area contributed by atoms with Crippen LogP contribution >= 0.6 is 0 Å². The van der Waals surface area contributed by atoms with E-state index in [0.29, 0.717) is 5.69 Å². The third-order valence-electron chi connectivity index (χ3n) is 3.34.